The Balaban J connectivity index is 1.93. The summed E-state index contributed by atoms with van der Waals surface area (Å²) in [6.45, 7) is 1.75. The van der Waals surface area contributed by atoms with Gasteiger partial charge in [0.05, 0.1) is 11.3 Å². The van der Waals surface area contributed by atoms with Crippen LogP contribution in [0.15, 0.2) is 55.0 Å². The second-order valence-electron chi connectivity index (χ2n) is 4.92. The summed E-state index contributed by atoms with van der Waals surface area (Å²) < 4.78 is 0. The molecular weight excluding hydrogens is 292 g/mol. The Kier molecular flexibility index (Phi) is 3.97. The molecule has 1 aromatic carbocycles. The summed E-state index contributed by atoms with van der Waals surface area (Å²) in [6.07, 6.45) is 5.07. The molecule has 0 bridgehead atoms. The van der Waals surface area contributed by atoms with Gasteiger partial charge in [0.25, 0.3) is 0 Å². The molecule has 0 aliphatic carbocycles. The molecule has 0 spiro atoms. The zero-order chi connectivity index (χ0) is 16.2. The van der Waals surface area contributed by atoms with E-state index >= 15 is 0 Å². The monoisotopic (exact) mass is 306 g/mol. The average molecular weight is 306 g/mol. The number of aromatic nitrogens is 3. The first-order valence-electron chi connectivity index (χ1n) is 6.98. The predicted molar refractivity (Wildman–Crippen MR) is 86.7 cm³/mol. The lowest BCUT2D eigenvalue weighted by Gasteiger charge is -2.10. The molecule has 0 saturated carbocycles. The number of carbonyl (C=O) groups is 1. The zero-order valence-corrected chi connectivity index (χ0v) is 12.4. The van der Waals surface area contributed by atoms with Crippen LogP contribution in [0.2, 0.25) is 0 Å². The van der Waals surface area contributed by atoms with E-state index < -0.39 is 5.97 Å². The maximum atomic E-state index is 11.2. The molecule has 6 heteroatoms. The third-order valence-electron chi connectivity index (χ3n) is 3.42. The molecule has 2 aromatic heterocycles. The summed E-state index contributed by atoms with van der Waals surface area (Å²) in [5.74, 6) is -0.562. The summed E-state index contributed by atoms with van der Waals surface area (Å²) in [7, 11) is 0. The van der Waals surface area contributed by atoms with Gasteiger partial charge in [-0.15, -0.1) is 0 Å². The Morgan fingerprint density at radius 3 is 2.74 bits per heavy atom. The van der Waals surface area contributed by atoms with E-state index in [0.29, 0.717) is 17.2 Å². The summed E-state index contributed by atoms with van der Waals surface area (Å²) in [6, 6.07) is 10.6. The first-order chi connectivity index (χ1) is 11.1. The van der Waals surface area contributed by atoms with Crippen molar-refractivity contribution in [3.8, 4) is 11.3 Å². The number of pyridine rings is 1. The highest BCUT2D eigenvalue weighted by molar-refractivity contribution is 5.91. The number of anilines is 2. The summed E-state index contributed by atoms with van der Waals surface area (Å²) in [4.78, 5) is 23.9. The highest BCUT2D eigenvalue weighted by atomic mass is 16.4. The molecular formula is C17H14N4O2. The van der Waals surface area contributed by atoms with Crippen molar-refractivity contribution in [1.82, 2.24) is 15.0 Å². The smallest absolute Gasteiger partial charge is 0.336 e. The minimum atomic E-state index is -0.962. The molecule has 114 valence electrons. The van der Waals surface area contributed by atoms with Gasteiger partial charge in [0.1, 0.15) is 0 Å². The van der Waals surface area contributed by atoms with Crippen LogP contribution in [0.4, 0.5) is 11.6 Å². The fourth-order valence-corrected chi connectivity index (χ4v) is 2.22. The van der Waals surface area contributed by atoms with Crippen LogP contribution in [0, 0.1) is 6.92 Å². The molecule has 23 heavy (non-hydrogen) atoms. The number of benzene rings is 1. The number of nitrogens with zero attached hydrogens (tertiary/aromatic N) is 3. The van der Waals surface area contributed by atoms with Crippen LogP contribution in [0.25, 0.3) is 11.3 Å². The largest absolute Gasteiger partial charge is 0.478 e. The summed E-state index contributed by atoms with van der Waals surface area (Å²) >= 11 is 0. The number of nitrogens with one attached hydrogen (secondary N) is 1. The van der Waals surface area contributed by atoms with Gasteiger partial charge in [0.15, 0.2) is 0 Å². The number of rotatable bonds is 4. The van der Waals surface area contributed by atoms with Gasteiger partial charge in [0, 0.05) is 29.8 Å². The summed E-state index contributed by atoms with van der Waals surface area (Å²) in [5, 5.41) is 12.3. The van der Waals surface area contributed by atoms with Crippen LogP contribution in [-0.4, -0.2) is 26.0 Å². The molecule has 0 aliphatic rings. The minimum Gasteiger partial charge on any atom is -0.478 e. The normalized spacial score (nSPS) is 10.3. The van der Waals surface area contributed by atoms with E-state index in [0.717, 1.165) is 11.3 Å². The van der Waals surface area contributed by atoms with Crippen LogP contribution in [0.5, 0.6) is 0 Å². The van der Waals surface area contributed by atoms with Gasteiger partial charge in [-0.3, -0.25) is 4.98 Å². The molecule has 0 unspecified atom stereocenters. The van der Waals surface area contributed by atoms with E-state index in [-0.39, 0.29) is 5.56 Å². The second kappa shape index (κ2) is 6.23. The van der Waals surface area contributed by atoms with Gasteiger partial charge in [-0.2, -0.15) is 0 Å². The van der Waals surface area contributed by atoms with E-state index in [9.17, 15) is 9.90 Å². The molecule has 0 radical (unpaired) electrons. The average Bonchev–Trinajstić information content (AvgIpc) is 2.57. The van der Waals surface area contributed by atoms with Gasteiger partial charge < -0.3 is 10.4 Å². The van der Waals surface area contributed by atoms with Crippen LogP contribution in [0.1, 0.15) is 15.9 Å². The second-order valence-corrected chi connectivity index (χ2v) is 4.92. The highest BCUT2D eigenvalue weighted by Gasteiger charge is 2.11. The quantitative estimate of drug-likeness (QED) is 0.769. The lowest BCUT2D eigenvalue weighted by Crippen LogP contribution is -2.04. The number of hydrogen-bond donors (Lipinski definition) is 2. The van der Waals surface area contributed by atoms with Crippen molar-refractivity contribution in [3.63, 3.8) is 0 Å². The van der Waals surface area contributed by atoms with Gasteiger partial charge >= 0.3 is 5.97 Å². The van der Waals surface area contributed by atoms with Gasteiger partial charge in [-0.05, 0) is 42.8 Å². The lowest BCUT2D eigenvalue weighted by molar-refractivity contribution is 0.0696. The van der Waals surface area contributed by atoms with Crippen LogP contribution >= 0.6 is 0 Å². The molecule has 2 N–H and O–H groups in total. The Morgan fingerprint density at radius 1 is 1.13 bits per heavy atom. The molecule has 3 rings (SSSR count). The van der Waals surface area contributed by atoms with Crippen LogP contribution in [-0.2, 0) is 0 Å². The molecule has 0 amide bonds. The third kappa shape index (κ3) is 3.16. The van der Waals surface area contributed by atoms with Crippen molar-refractivity contribution in [2.24, 2.45) is 0 Å². The van der Waals surface area contributed by atoms with Crippen LogP contribution in [0.3, 0.4) is 0 Å². The fourth-order valence-electron chi connectivity index (χ4n) is 2.22. The number of aromatic carboxylic acids is 1. The maximum absolute atomic E-state index is 11.2. The first-order valence-corrected chi connectivity index (χ1v) is 6.98. The first kappa shape index (κ1) is 14.6. The number of carboxylic acid groups (broad SMARTS) is 1. The predicted octanol–water partition coefficient (Wildman–Crippen LogP) is 3.29. The molecule has 0 saturated heterocycles. The van der Waals surface area contributed by atoms with Crippen molar-refractivity contribution < 1.29 is 9.90 Å². The van der Waals surface area contributed by atoms with E-state index in [2.05, 4.69) is 20.3 Å². The van der Waals surface area contributed by atoms with Crippen molar-refractivity contribution in [3.05, 3.63) is 66.1 Å². The molecule has 3 aromatic rings. The van der Waals surface area contributed by atoms with E-state index in [1.165, 1.54) is 0 Å². The van der Waals surface area contributed by atoms with Gasteiger partial charge in [-0.25, -0.2) is 14.8 Å². The van der Waals surface area contributed by atoms with Crippen molar-refractivity contribution in [2.45, 2.75) is 6.92 Å². The lowest BCUT2D eigenvalue weighted by atomic mass is 10.1. The maximum Gasteiger partial charge on any atom is 0.336 e. The molecule has 0 aliphatic heterocycles. The number of carboxylic acids is 1. The zero-order valence-electron chi connectivity index (χ0n) is 12.4. The Hall–Kier alpha value is -3.28. The Labute approximate surface area is 132 Å². The molecule has 0 atom stereocenters. The van der Waals surface area contributed by atoms with E-state index in [1.807, 2.05) is 12.1 Å². The third-order valence-corrected chi connectivity index (χ3v) is 3.42. The SMILES string of the molecule is Cc1c(Nc2nccc(-c3cccnc3)n2)cccc1C(=O)O. The Bertz CT molecular complexity index is 850. The van der Waals surface area contributed by atoms with Gasteiger partial charge in [0.2, 0.25) is 5.95 Å². The van der Waals surface area contributed by atoms with Crippen molar-refractivity contribution in [1.29, 1.82) is 0 Å². The molecule has 0 fully saturated rings. The summed E-state index contributed by atoms with van der Waals surface area (Å²) in [5.41, 5.74) is 3.17. The molecule has 2 heterocycles. The Morgan fingerprint density at radius 2 is 2.00 bits per heavy atom. The fraction of sp³-hybridized carbons (Fsp3) is 0.0588. The van der Waals surface area contributed by atoms with Crippen molar-refractivity contribution in [2.75, 3.05) is 5.32 Å². The van der Waals surface area contributed by atoms with Crippen LogP contribution < -0.4 is 5.32 Å². The molecule has 6 nitrogen and oxygen atoms in total. The minimum absolute atomic E-state index is 0.249. The van der Waals surface area contributed by atoms with Gasteiger partial charge in [-0.1, -0.05) is 6.07 Å². The number of hydrogen-bond acceptors (Lipinski definition) is 5. The van der Waals surface area contributed by atoms with E-state index in [4.69, 9.17) is 0 Å². The topological polar surface area (TPSA) is 88.0 Å². The highest BCUT2D eigenvalue weighted by Crippen LogP contribution is 2.23. The van der Waals surface area contributed by atoms with Crippen molar-refractivity contribution >= 4 is 17.6 Å². The standard InChI is InChI=1S/C17H14N4O2/c1-11-13(16(22)23)5-2-6-14(11)20-17-19-9-7-15(21-17)12-4-3-8-18-10-12/h2-10H,1H3,(H,22,23)(H,19,20,21). The van der Waals surface area contributed by atoms with E-state index in [1.54, 1.807) is 49.8 Å².